The number of hydrogen-bond donors (Lipinski definition) is 1. The van der Waals surface area contributed by atoms with Crippen LogP contribution in [0.3, 0.4) is 0 Å². The van der Waals surface area contributed by atoms with Crippen LogP contribution in [0.1, 0.15) is 24.0 Å². The largest absolute Gasteiger partial charge is 0.490 e. The molecule has 3 heterocycles. The van der Waals surface area contributed by atoms with E-state index in [4.69, 9.17) is 14.2 Å². The summed E-state index contributed by atoms with van der Waals surface area (Å²) < 4.78 is 56.3. The number of benzene rings is 2. The third kappa shape index (κ3) is 2.51. The lowest BCUT2D eigenvalue weighted by Gasteiger charge is -2.39. The van der Waals surface area contributed by atoms with Gasteiger partial charge >= 0.3 is 6.18 Å². The molecule has 0 aromatic heterocycles. The molecule has 5 rings (SSSR count). The van der Waals surface area contributed by atoms with Gasteiger partial charge in [-0.3, -0.25) is 4.79 Å². The summed E-state index contributed by atoms with van der Waals surface area (Å²) in [7, 11) is 0. The van der Waals surface area contributed by atoms with Crippen molar-refractivity contribution in [1.82, 2.24) is 0 Å². The number of carbonyl (C=O) groups excluding carboxylic acids is 1. The number of para-hydroxylation sites is 1. The summed E-state index contributed by atoms with van der Waals surface area (Å²) in [4.78, 5) is 13.1. The summed E-state index contributed by atoms with van der Waals surface area (Å²) in [6, 6.07) is 10.2. The smallest absolute Gasteiger partial charge is 0.392 e. The number of carbonyl (C=O) groups is 1. The highest BCUT2D eigenvalue weighted by atomic mass is 19.4. The van der Waals surface area contributed by atoms with Crippen LogP contribution in [-0.2, 0) is 10.2 Å². The summed E-state index contributed by atoms with van der Waals surface area (Å²) in [5, 5.41) is 2.81. The molecule has 0 saturated carbocycles. The van der Waals surface area contributed by atoms with Crippen molar-refractivity contribution in [3.63, 3.8) is 0 Å². The fourth-order valence-electron chi connectivity index (χ4n) is 4.33. The Morgan fingerprint density at radius 3 is 2.50 bits per heavy atom. The summed E-state index contributed by atoms with van der Waals surface area (Å²) in [5.41, 5.74) is 0.475. The van der Waals surface area contributed by atoms with E-state index in [1.807, 2.05) is 0 Å². The van der Waals surface area contributed by atoms with E-state index in [2.05, 4.69) is 5.32 Å². The second-order valence-electron chi connectivity index (χ2n) is 7.16. The van der Waals surface area contributed by atoms with Gasteiger partial charge in [0.1, 0.15) is 30.5 Å². The molecule has 2 unspecified atom stereocenters. The van der Waals surface area contributed by atoms with Crippen LogP contribution in [0.5, 0.6) is 17.2 Å². The molecule has 0 aliphatic carbocycles. The Balaban J connectivity index is 1.71. The number of halogens is 3. The van der Waals surface area contributed by atoms with Gasteiger partial charge in [-0.25, -0.2) is 0 Å². The first kappa shape index (κ1) is 17.2. The Morgan fingerprint density at radius 2 is 1.75 bits per heavy atom. The zero-order valence-corrected chi connectivity index (χ0v) is 14.6. The lowest BCUT2D eigenvalue weighted by Crippen LogP contribution is -2.45. The van der Waals surface area contributed by atoms with Crippen LogP contribution in [0.2, 0.25) is 0 Å². The maximum Gasteiger partial charge on any atom is 0.392 e. The molecule has 0 radical (unpaired) electrons. The van der Waals surface area contributed by atoms with E-state index >= 15 is 0 Å². The van der Waals surface area contributed by atoms with Gasteiger partial charge in [-0.1, -0.05) is 18.2 Å². The van der Waals surface area contributed by atoms with Crippen molar-refractivity contribution in [1.29, 1.82) is 0 Å². The topological polar surface area (TPSA) is 56.8 Å². The number of rotatable bonds is 1. The van der Waals surface area contributed by atoms with Crippen molar-refractivity contribution in [2.24, 2.45) is 0 Å². The average molecular weight is 391 g/mol. The van der Waals surface area contributed by atoms with E-state index in [0.717, 1.165) is 0 Å². The van der Waals surface area contributed by atoms with E-state index < -0.39 is 24.1 Å². The number of ether oxygens (including phenoxy) is 3. The van der Waals surface area contributed by atoms with Gasteiger partial charge in [0.05, 0.1) is 6.42 Å². The minimum Gasteiger partial charge on any atom is -0.490 e. The van der Waals surface area contributed by atoms with Crippen LogP contribution in [0.25, 0.3) is 0 Å². The van der Waals surface area contributed by atoms with Gasteiger partial charge in [-0.15, -0.1) is 0 Å². The Kier molecular flexibility index (Phi) is 3.56. The molecule has 0 saturated heterocycles. The van der Waals surface area contributed by atoms with Crippen LogP contribution in [-0.4, -0.2) is 31.4 Å². The minimum atomic E-state index is -4.41. The maximum absolute atomic E-state index is 13.1. The predicted molar refractivity (Wildman–Crippen MR) is 93.0 cm³/mol. The number of anilines is 1. The first-order valence-electron chi connectivity index (χ1n) is 8.95. The van der Waals surface area contributed by atoms with Crippen LogP contribution in [0.4, 0.5) is 18.9 Å². The monoisotopic (exact) mass is 391 g/mol. The molecule has 5 nitrogen and oxygen atoms in total. The van der Waals surface area contributed by atoms with Crippen molar-refractivity contribution < 1.29 is 32.2 Å². The molecule has 2 aromatic carbocycles. The van der Waals surface area contributed by atoms with Crippen molar-refractivity contribution in [3.05, 3.63) is 47.5 Å². The summed E-state index contributed by atoms with van der Waals surface area (Å²) in [6.45, 7) is 0.700. The van der Waals surface area contributed by atoms with Crippen molar-refractivity contribution >= 4 is 11.6 Å². The Morgan fingerprint density at radius 1 is 1.04 bits per heavy atom. The van der Waals surface area contributed by atoms with Gasteiger partial charge in [0.15, 0.2) is 11.5 Å². The first-order chi connectivity index (χ1) is 13.4. The first-order valence-corrected chi connectivity index (χ1v) is 8.95. The van der Waals surface area contributed by atoms with E-state index in [-0.39, 0.29) is 18.1 Å². The summed E-state index contributed by atoms with van der Waals surface area (Å²) in [5.74, 6) is 0.720. The molecule has 2 atom stereocenters. The standard InChI is InChI=1S/C20H16F3NO4/c21-20(22,23)10-11-9-19(12-3-1-2-4-14(12)24-18(19)25)13-7-16-17(8-15(13)28-11)27-6-5-26-16/h1-4,7-8,11H,5-6,9-10H2,(H,24,25). The average Bonchev–Trinajstić information content (AvgIpc) is 2.91. The van der Waals surface area contributed by atoms with Crippen LogP contribution < -0.4 is 19.5 Å². The molecule has 0 bridgehead atoms. The van der Waals surface area contributed by atoms with E-state index in [1.165, 1.54) is 6.07 Å². The number of alkyl halides is 3. The number of nitrogens with one attached hydrogen (secondary N) is 1. The van der Waals surface area contributed by atoms with Crippen LogP contribution in [0, 0.1) is 0 Å². The fourth-order valence-corrected chi connectivity index (χ4v) is 4.33. The van der Waals surface area contributed by atoms with Crippen LogP contribution in [0.15, 0.2) is 36.4 Å². The third-order valence-corrected chi connectivity index (χ3v) is 5.41. The van der Waals surface area contributed by atoms with Crippen molar-refractivity contribution in [2.45, 2.75) is 30.5 Å². The Bertz CT molecular complexity index is 974. The SMILES string of the molecule is O=C1Nc2ccccc2C12CC(CC(F)(F)F)Oc1cc3c(cc12)OCCO3. The minimum absolute atomic E-state index is 0.109. The number of amides is 1. The molecule has 3 aliphatic rings. The third-order valence-electron chi connectivity index (χ3n) is 5.41. The number of hydrogen-bond acceptors (Lipinski definition) is 4. The Labute approximate surface area is 158 Å². The van der Waals surface area contributed by atoms with E-state index in [0.29, 0.717) is 41.5 Å². The normalized spacial score (nSPS) is 25.0. The molecule has 2 aromatic rings. The van der Waals surface area contributed by atoms with Gasteiger partial charge in [-0.2, -0.15) is 13.2 Å². The molecule has 28 heavy (non-hydrogen) atoms. The summed E-state index contributed by atoms with van der Waals surface area (Å²) in [6.07, 6.45) is -6.85. The molecule has 8 heteroatoms. The highest BCUT2D eigenvalue weighted by molar-refractivity contribution is 6.09. The molecule has 1 spiro atoms. The highest BCUT2D eigenvalue weighted by Crippen LogP contribution is 2.55. The quantitative estimate of drug-likeness (QED) is 0.804. The lowest BCUT2D eigenvalue weighted by atomic mass is 9.69. The van der Waals surface area contributed by atoms with Crippen LogP contribution >= 0.6 is 0 Å². The zero-order chi connectivity index (χ0) is 19.5. The van der Waals surface area contributed by atoms with Gasteiger partial charge in [0, 0.05) is 23.7 Å². The summed E-state index contributed by atoms with van der Waals surface area (Å²) >= 11 is 0. The zero-order valence-electron chi connectivity index (χ0n) is 14.6. The van der Waals surface area contributed by atoms with Crippen molar-refractivity contribution in [3.8, 4) is 17.2 Å². The van der Waals surface area contributed by atoms with E-state index in [1.54, 1.807) is 30.3 Å². The second kappa shape index (κ2) is 5.80. The lowest BCUT2D eigenvalue weighted by molar-refractivity contribution is -0.155. The van der Waals surface area contributed by atoms with Crippen molar-refractivity contribution in [2.75, 3.05) is 18.5 Å². The molecular formula is C20H16F3NO4. The van der Waals surface area contributed by atoms with Gasteiger partial charge in [0.25, 0.3) is 0 Å². The molecule has 1 amide bonds. The van der Waals surface area contributed by atoms with Gasteiger partial charge in [0.2, 0.25) is 5.91 Å². The maximum atomic E-state index is 13.1. The highest BCUT2D eigenvalue weighted by Gasteiger charge is 2.55. The Hall–Kier alpha value is -2.90. The fraction of sp³-hybridized carbons (Fsp3) is 0.350. The molecule has 1 N–H and O–H groups in total. The predicted octanol–water partition coefficient (Wildman–Crippen LogP) is 3.80. The van der Waals surface area contributed by atoms with Gasteiger partial charge < -0.3 is 19.5 Å². The molecule has 146 valence electrons. The van der Waals surface area contributed by atoms with Gasteiger partial charge in [-0.05, 0) is 17.7 Å². The molecular weight excluding hydrogens is 375 g/mol. The second-order valence-corrected chi connectivity index (χ2v) is 7.16. The molecule has 3 aliphatic heterocycles. The number of fused-ring (bicyclic) bond motifs is 5. The molecule has 0 fully saturated rings. The van der Waals surface area contributed by atoms with E-state index in [9.17, 15) is 18.0 Å².